The van der Waals surface area contributed by atoms with Gasteiger partial charge in [0.1, 0.15) is 23.2 Å². The second-order valence-electron chi connectivity index (χ2n) is 4.56. The van der Waals surface area contributed by atoms with Crippen molar-refractivity contribution in [2.45, 2.75) is 18.8 Å². The van der Waals surface area contributed by atoms with Gasteiger partial charge in [0, 0.05) is 18.1 Å². The number of ether oxygens (including phenoxy) is 1. The van der Waals surface area contributed by atoms with E-state index < -0.39 is 5.82 Å². The van der Waals surface area contributed by atoms with Gasteiger partial charge in [0.15, 0.2) is 0 Å². The van der Waals surface area contributed by atoms with E-state index in [-0.39, 0.29) is 10.8 Å². The van der Waals surface area contributed by atoms with Crippen molar-refractivity contribution in [3.05, 3.63) is 39.3 Å². The molecule has 0 saturated heterocycles. The Morgan fingerprint density at radius 2 is 2.05 bits per heavy atom. The van der Waals surface area contributed by atoms with Crippen molar-refractivity contribution in [2.24, 2.45) is 0 Å². The van der Waals surface area contributed by atoms with E-state index in [0.29, 0.717) is 27.9 Å². The topological polar surface area (TPSA) is 61.0 Å². The average molecular weight is 359 g/mol. The first kappa shape index (κ1) is 13.6. The van der Waals surface area contributed by atoms with Crippen LogP contribution in [0, 0.1) is 5.82 Å². The molecule has 2 N–H and O–H groups in total. The fourth-order valence-electron chi connectivity index (χ4n) is 1.73. The molecule has 0 radical (unpaired) electrons. The first-order valence-electron chi connectivity index (χ1n) is 6.00. The summed E-state index contributed by atoms with van der Waals surface area (Å²) in [5.41, 5.74) is 5.73. The van der Waals surface area contributed by atoms with E-state index in [1.807, 2.05) is 0 Å². The van der Waals surface area contributed by atoms with Gasteiger partial charge in [-0.25, -0.2) is 9.37 Å². The number of hydrogen-bond donors (Lipinski definition) is 1. The molecule has 0 amide bonds. The van der Waals surface area contributed by atoms with Crippen molar-refractivity contribution in [1.82, 2.24) is 9.97 Å². The van der Waals surface area contributed by atoms with E-state index in [2.05, 4.69) is 25.9 Å². The molecule has 1 heterocycles. The summed E-state index contributed by atoms with van der Waals surface area (Å²) >= 11 is 8.95. The zero-order chi connectivity index (χ0) is 14.3. The zero-order valence-electron chi connectivity index (χ0n) is 10.2. The van der Waals surface area contributed by atoms with Crippen molar-refractivity contribution >= 4 is 33.3 Å². The lowest BCUT2D eigenvalue weighted by molar-refractivity contribution is 0.451. The van der Waals surface area contributed by atoms with E-state index in [4.69, 9.17) is 22.1 Å². The van der Waals surface area contributed by atoms with Crippen LogP contribution >= 0.6 is 27.5 Å². The van der Waals surface area contributed by atoms with Crippen LogP contribution in [-0.2, 0) is 0 Å². The van der Waals surface area contributed by atoms with Gasteiger partial charge in [-0.05, 0) is 34.8 Å². The summed E-state index contributed by atoms with van der Waals surface area (Å²) in [7, 11) is 0. The first-order chi connectivity index (χ1) is 9.52. The van der Waals surface area contributed by atoms with Gasteiger partial charge in [0.2, 0.25) is 5.88 Å². The van der Waals surface area contributed by atoms with Crippen LogP contribution in [0.15, 0.2) is 22.7 Å². The Balaban J connectivity index is 1.92. The highest BCUT2D eigenvalue weighted by molar-refractivity contribution is 9.10. The van der Waals surface area contributed by atoms with E-state index in [1.54, 1.807) is 0 Å². The van der Waals surface area contributed by atoms with Crippen molar-refractivity contribution in [3.8, 4) is 11.6 Å². The van der Waals surface area contributed by atoms with Gasteiger partial charge in [0.25, 0.3) is 0 Å². The lowest BCUT2D eigenvalue weighted by Gasteiger charge is -2.09. The molecule has 104 valence electrons. The van der Waals surface area contributed by atoms with E-state index in [0.717, 1.165) is 12.8 Å². The molecule has 1 saturated carbocycles. The summed E-state index contributed by atoms with van der Waals surface area (Å²) < 4.78 is 19.6. The van der Waals surface area contributed by atoms with Gasteiger partial charge in [-0.15, -0.1) is 0 Å². The molecule has 1 fully saturated rings. The highest BCUT2D eigenvalue weighted by Gasteiger charge is 2.27. The molecule has 1 aromatic heterocycles. The third-order valence-electron chi connectivity index (χ3n) is 2.87. The largest absolute Gasteiger partial charge is 0.438 e. The Kier molecular flexibility index (Phi) is 3.52. The van der Waals surface area contributed by atoms with E-state index >= 15 is 0 Å². The number of halogens is 3. The van der Waals surface area contributed by atoms with Crippen molar-refractivity contribution in [1.29, 1.82) is 0 Å². The van der Waals surface area contributed by atoms with Gasteiger partial charge in [0.05, 0.1) is 9.50 Å². The van der Waals surface area contributed by atoms with Crippen molar-refractivity contribution in [3.63, 3.8) is 0 Å². The maximum absolute atomic E-state index is 13.5. The Morgan fingerprint density at radius 1 is 1.30 bits per heavy atom. The van der Waals surface area contributed by atoms with Crippen molar-refractivity contribution in [2.75, 3.05) is 5.73 Å². The summed E-state index contributed by atoms with van der Waals surface area (Å²) in [6.07, 6.45) is 2.12. The van der Waals surface area contributed by atoms with Gasteiger partial charge in [-0.1, -0.05) is 11.6 Å². The Hall–Kier alpha value is -1.40. The number of nitrogens with two attached hydrogens (primary N) is 1. The number of nitrogen functional groups attached to an aromatic ring is 1. The van der Waals surface area contributed by atoms with Gasteiger partial charge >= 0.3 is 0 Å². The maximum Gasteiger partial charge on any atom is 0.224 e. The molecule has 0 atom stereocenters. The molecule has 20 heavy (non-hydrogen) atoms. The second-order valence-corrected chi connectivity index (χ2v) is 5.82. The normalized spacial score (nSPS) is 14.3. The Bertz CT molecular complexity index is 679. The van der Waals surface area contributed by atoms with Crippen molar-refractivity contribution < 1.29 is 9.13 Å². The number of nitrogens with zero attached hydrogens (tertiary/aromatic N) is 2. The minimum Gasteiger partial charge on any atom is -0.438 e. The van der Waals surface area contributed by atoms with Crippen LogP contribution in [0.2, 0.25) is 5.02 Å². The number of anilines is 1. The average Bonchev–Trinajstić information content (AvgIpc) is 3.19. The summed E-state index contributed by atoms with van der Waals surface area (Å²) in [5, 5.41) is 0.0186. The molecule has 0 spiro atoms. The second kappa shape index (κ2) is 5.18. The third kappa shape index (κ3) is 2.86. The third-order valence-corrected chi connectivity index (χ3v) is 3.78. The number of aromatic nitrogens is 2. The molecular weight excluding hydrogens is 349 g/mol. The van der Waals surface area contributed by atoms with Gasteiger partial charge in [-0.2, -0.15) is 4.98 Å². The Labute approximate surface area is 128 Å². The molecule has 0 unspecified atom stereocenters. The van der Waals surface area contributed by atoms with Crippen LogP contribution in [0.25, 0.3) is 0 Å². The number of hydrogen-bond acceptors (Lipinski definition) is 4. The van der Waals surface area contributed by atoms with Gasteiger partial charge < -0.3 is 10.5 Å². The summed E-state index contributed by atoms with van der Waals surface area (Å²) in [6, 6.07) is 4.13. The molecule has 2 aromatic rings. The highest BCUT2D eigenvalue weighted by atomic mass is 79.9. The minimum atomic E-state index is -0.561. The molecule has 0 bridgehead atoms. The maximum atomic E-state index is 13.5. The fourth-order valence-corrected chi connectivity index (χ4v) is 2.45. The van der Waals surface area contributed by atoms with Crippen LogP contribution in [0.1, 0.15) is 24.6 Å². The van der Waals surface area contributed by atoms with Crippen LogP contribution in [-0.4, -0.2) is 9.97 Å². The van der Waals surface area contributed by atoms with Gasteiger partial charge in [-0.3, -0.25) is 0 Å². The molecule has 7 heteroatoms. The minimum absolute atomic E-state index is 0.0186. The molecule has 1 aliphatic carbocycles. The standard InChI is InChI=1S/C13H10BrClFN3O/c14-7-3-8(15)9(16)4-10(7)20-12-5-11(17)18-13(19-12)6-1-2-6/h3-6H,1-2H2,(H2,17,18,19). The fraction of sp³-hybridized carbons (Fsp3) is 0.231. The predicted molar refractivity (Wildman–Crippen MR) is 77.6 cm³/mol. The molecule has 1 aromatic carbocycles. The van der Waals surface area contributed by atoms with E-state index in [9.17, 15) is 4.39 Å². The van der Waals surface area contributed by atoms with Crippen LogP contribution in [0.5, 0.6) is 11.6 Å². The SMILES string of the molecule is Nc1cc(Oc2cc(F)c(Cl)cc2Br)nc(C2CC2)n1. The monoisotopic (exact) mass is 357 g/mol. The summed E-state index contributed by atoms with van der Waals surface area (Å²) in [5.74, 6) is 1.38. The number of benzene rings is 1. The first-order valence-corrected chi connectivity index (χ1v) is 7.17. The predicted octanol–water partition coefficient (Wildman–Crippen LogP) is 4.28. The molecule has 0 aliphatic heterocycles. The van der Waals surface area contributed by atoms with E-state index in [1.165, 1.54) is 18.2 Å². The van der Waals surface area contributed by atoms with Crippen LogP contribution < -0.4 is 10.5 Å². The van der Waals surface area contributed by atoms with Crippen LogP contribution in [0.4, 0.5) is 10.2 Å². The molecule has 4 nitrogen and oxygen atoms in total. The quantitative estimate of drug-likeness (QED) is 0.832. The lowest BCUT2D eigenvalue weighted by Crippen LogP contribution is -2.00. The molecular formula is C13H10BrClFN3O. The van der Waals surface area contributed by atoms with Crippen LogP contribution in [0.3, 0.4) is 0 Å². The zero-order valence-corrected chi connectivity index (χ0v) is 12.6. The smallest absolute Gasteiger partial charge is 0.224 e. The lowest BCUT2D eigenvalue weighted by atomic mass is 10.3. The molecule has 1 aliphatic rings. The summed E-state index contributed by atoms with van der Waals surface area (Å²) in [4.78, 5) is 8.47. The highest BCUT2D eigenvalue weighted by Crippen LogP contribution is 2.39. The Morgan fingerprint density at radius 3 is 2.75 bits per heavy atom. The number of rotatable bonds is 3. The molecule has 3 rings (SSSR count). The summed E-state index contributed by atoms with van der Waals surface area (Å²) in [6.45, 7) is 0.